The van der Waals surface area contributed by atoms with Crippen LogP contribution < -0.4 is 5.32 Å². The maximum atomic E-state index is 13.9. The van der Waals surface area contributed by atoms with Crippen LogP contribution in [0.3, 0.4) is 0 Å². The molecule has 0 saturated heterocycles. The monoisotopic (exact) mass is 257 g/mol. The summed E-state index contributed by atoms with van der Waals surface area (Å²) in [6.45, 7) is 0. The van der Waals surface area contributed by atoms with Crippen molar-refractivity contribution in [1.82, 2.24) is 9.97 Å². The summed E-state index contributed by atoms with van der Waals surface area (Å²) in [4.78, 5) is 8.13. The van der Waals surface area contributed by atoms with Gasteiger partial charge in [-0.25, -0.2) is 14.4 Å². The normalized spacial score (nSPS) is 24.5. The molecule has 74 valence electrons. The highest BCUT2D eigenvalue weighted by molar-refractivity contribution is 9.09. The smallest absolute Gasteiger partial charge is 0.222 e. The molecule has 5 heteroatoms. The number of allylic oxidation sites excluding steroid dienone is 1. The fraction of sp³-hybridized carbons (Fsp3) is 0.333. The van der Waals surface area contributed by atoms with E-state index in [2.05, 4.69) is 31.2 Å². The second kappa shape index (κ2) is 3.31. The molecular weight excluding hydrogens is 249 g/mol. The maximum absolute atomic E-state index is 13.9. The van der Waals surface area contributed by atoms with Crippen molar-refractivity contribution in [2.24, 2.45) is 0 Å². The van der Waals surface area contributed by atoms with Crippen LogP contribution in [0.4, 0.5) is 10.3 Å². The highest BCUT2D eigenvalue weighted by Crippen LogP contribution is 2.41. The molecule has 1 aromatic rings. The molecule has 1 unspecified atom stereocenters. The second-order valence-electron chi connectivity index (χ2n) is 3.05. The Labute approximate surface area is 89.6 Å². The third-order valence-electron chi connectivity index (χ3n) is 2.09. The van der Waals surface area contributed by atoms with Gasteiger partial charge in [0.1, 0.15) is 0 Å². The van der Waals surface area contributed by atoms with E-state index in [4.69, 9.17) is 0 Å². The topological polar surface area (TPSA) is 37.8 Å². The summed E-state index contributed by atoms with van der Waals surface area (Å²) in [6, 6.07) is 0. The van der Waals surface area contributed by atoms with Crippen LogP contribution >= 0.6 is 15.9 Å². The maximum Gasteiger partial charge on any atom is 0.222 e. The molecule has 1 aromatic heterocycles. The minimum Gasteiger partial charge on any atom is -0.357 e. The van der Waals surface area contributed by atoms with Crippen LogP contribution in [0.5, 0.6) is 0 Å². The van der Waals surface area contributed by atoms with Gasteiger partial charge in [-0.2, -0.15) is 0 Å². The van der Waals surface area contributed by atoms with Gasteiger partial charge in [-0.1, -0.05) is 6.08 Å². The first kappa shape index (κ1) is 9.58. The number of alkyl halides is 2. The van der Waals surface area contributed by atoms with E-state index in [1.54, 1.807) is 19.2 Å². The average molecular weight is 258 g/mol. The highest BCUT2D eigenvalue weighted by Gasteiger charge is 2.32. The van der Waals surface area contributed by atoms with Gasteiger partial charge >= 0.3 is 0 Å². The van der Waals surface area contributed by atoms with Crippen molar-refractivity contribution in [3.05, 3.63) is 23.5 Å². The van der Waals surface area contributed by atoms with Crippen molar-refractivity contribution in [2.75, 3.05) is 12.4 Å². The van der Waals surface area contributed by atoms with Gasteiger partial charge < -0.3 is 5.32 Å². The summed E-state index contributed by atoms with van der Waals surface area (Å²) in [6.07, 6.45) is 5.37. The fourth-order valence-corrected chi connectivity index (χ4v) is 1.85. The average Bonchev–Trinajstić information content (AvgIpc) is 2.16. The molecule has 0 spiro atoms. The quantitative estimate of drug-likeness (QED) is 0.786. The van der Waals surface area contributed by atoms with Crippen LogP contribution in [-0.2, 0) is 4.58 Å². The molecule has 0 radical (unpaired) electrons. The lowest BCUT2D eigenvalue weighted by Gasteiger charge is -2.21. The molecule has 0 aromatic carbocycles. The van der Waals surface area contributed by atoms with Gasteiger partial charge in [0.25, 0.3) is 0 Å². The Morgan fingerprint density at radius 2 is 2.43 bits per heavy atom. The number of aromatic nitrogens is 2. The number of rotatable bonds is 1. The van der Waals surface area contributed by atoms with Crippen molar-refractivity contribution in [3.8, 4) is 0 Å². The van der Waals surface area contributed by atoms with E-state index in [1.807, 2.05) is 0 Å². The van der Waals surface area contributed by atoms with E-state index in [-0.39, 0.29) is 0 Å². The summed E-state index contributed by atoms with van der Waals surface area (Å²) in [5, 5.41) is 2.81. The number of halogens is 2. The molecule has 0 amide bonds. The van der Waals surface area contributed by atoms with Crippen LogP contribution in [0.1, 0.15) is 17.7 Å². The summed E-state index contributed by atoms with van der Waals surface area (Å²) in [5.74, 6) is 0.499. The summed E-state index contributed by atoms with van der Waals surface area (Å²) in [5.41, 5.74) is 1.11. The summed E-state index contributed by atoms with van der Waals surface area (Å²) < 4.78 is 12.3. The predicted molar refractivity (Wildman–Crippen MR) is 56.9 cm³/mol. The Balaban J connectivity index is 2.53. The number of nitrogens with one attached hydrogen (secondary N) is 1. The molecule has 1 aliphatic rings. The van der Waals surface area contributed by atoms with Crippen molar-refractivity contribution in [1.29, 1.82) is 0 Å². The van der Waals surface area contributed by atoms with E-state index < -0.39 is 4.58 Å². The van der Waals surface area contributed by atoms with Gasteiger partial charge in [-0.05, 0) is 22.0 Å². The van der Waals surface area contributed by atoms with E-state index >= 15 is 0 Å². The molecule has 0 saturated carbocycles. The second-order valence-corrected chi connectivity index (χ2v) is 4.31. The minimum atomic E-state index is -1.52. The molecule has 14 heavy (non-hydrogen) atoms. The van der Waals surface area contributed by atoms with Gasteiger partial charge in [-0.3, -0.25) is 0 Å². The van der Waals surface area contributed by atoms with Gasteiger partial charge in [0.2, 0.25) is 5.95 Å². The molecule has 1 heterocycles. The number of fused-ring (bicyclic) bond motifs is 1. The molecular formula is C9H9BrFN3. The van der Waals surface area contributed by atoms with Crippen LogP contribution in [0.25, 0.3) is 6.08 Å². The van der Waals surface area contributed by atoms with Crippen molar-refractivity contribution < 1.29 is 4.39 Å². The van der Waals surface area contributed by atoms with Gasteiger partial charge in [0.05, 0.1) is 5.69 Å². The Kier molecular flexibility index (Phi) is 2.26. The first-order valence-corrected chi connectivity index (χ1v) is 5.02. The molecule has 0 bridgehead atoms. The van der Waals surface area contributed by atoms with Gasteiger partial charge in [0, 0.05) is 25.2 Å². The molecule has 1 aliphatic carbocycles. The molecule has 0 aliphatic heterocycles. The van der Waals surface area contributed by atoms with Gasteiger partial charge in [-0.15, -0.1) is 0 Å². The van der Waals surface area contributed by atoms with Crippen LogP contribution in [0.15, 0.2) is 12.3 Å². The van der Waals surface area contributed by atoms with Crippen LogP contribution in [-0.4, -0.2) is 17.0 Å². The molecule has 2 rings (SSSR count). The van der Waals surface area contributed by atoms with E-state index in [1.165, 1.54) is 6.20 Å². The number of nitrogens with zero attached hydrogens (tertiary/aromatic N) is 2. The van der Waals surface area contributed by atoms with E-state index in [9.17, 15) is 4.39 Å². The fourth-order valence-electron chi connectivity index (χ4n) is 1.35. The highest BCUT2D eigenvalue weighted by atomic mass is 79.9. The van der Waals surface area contributed by atoms with Crippen molar-refractivity contribution >= 4 is 28.0 Å². The predicted octanol–water partition coefficient (Wildman–Crippen LogP) is 2.45. The van der Waals surface area contributed by atoms with E-state index in [0.717, 1.165) is 0 Å². The zero-order chi connectivity index (χ0) is 10.2. The minimum absolute atomic E-state index is 0.308. The Bertz CT molecular complexity index is 390. The number of anilines is 1. The largest absolute Gasteiger partial charge is 0.357 e. The zero-order valence-electron chi connectivity index (χ0n) is 7.59. The number of hydrogen-bond donors (Lipinski definition) is 1. The van der Waals surface area contributed by atoms with Crippen LogP contribution in [0, 0.1) is 0 Å². The van der Waals surface area contributed by atoms with Crippen molar-refractivity contribution in [2.45, 2.75) is 11.0 Å². The summed E-state index contributed by atoms with van der Waals surface area (Å²) in [7, 11) is 1.73. The summed E-state index contributed by atoms with van der Waals surface area (Å²) >= 11 is 3.02. The van der Waals surface area contributed by atoms with E-state index in [0.29, 0.717) is 23.6 Å². The lowest BCUT2D eigenvalue weighted by Crippen LogP contribution is -2.16. The Morgan fingerprint density at radius 1 is 1.64 bits per heavy atom. The van der Waals surface area contributed by atoms with Crippen molar-refractivity contribution in [3.63, 3.8) is 0 Å². The molecule has 1 atom stereocenters. The first-order valence-electron chi connectivity index (χ1n) is 4.23. The molecule has 0 fully saturated rings. The molecule has 3 nitrogen and oxygen atoms in total. The zero-order valence-corrected chi connectivity index (χ0v) is 9.18. The standard InChI is InChI=1S/C9H9BrFN3/c1-12-8-13-5-6-7(14-8)3-2-4-9(6,10)11/h2-3,5H,4H2,1H3,(H,12,13,14). The first-order chi connectivity index (χ1) is 6.63. The Hall–Kier alpha value is -0.970. The lowest BCUT2D eigenvalue weighted by atomic mass is 10.0. The lowest BCUT2D eigenvalue weighted by molar-refractivity contribution is 0.304. The third-order valence-corrected chi connectivity index (χ3v) is 2.84. The third kappa shape index (κ3) is 1.52. The SMILES string of the molecule is CNc1ncc2c(n1)C=CCC2(F)Br. The van der Waals surface area contributed by atoms with Gasteiger partial charge in [0.15, 0.2) is 4.58 Å². The van der Waals surface area contributed by atoms with Crippen LogP contribution in [0.2, 0.25) is 0 Å². The number of hydrogen-bond acceptors (Lipinski definition) is 3. The molecule has 1 N–H and O–H groups in total. The Morgan fingerprint density at radius 3 is 3.14 bits per heavy atom.